The minimum absolute atomic E-state index is 1.19. The van der Waals surface area contributed by atoms with Crippen LogP contribution in [0.2, 0.25) is 26.2 Å². The van der Waals surface area contributed by atoms with Gasteiger partial charge in [-0.05, 0) is 82.6 Å². The Hall–Kier alpha value is 0.274. The summed E-state index contributed by atoms with van der Waals surface area (Å²) in [5.74, 6) is 0. The minimum atomic E-state index is -1.19. The molecule has 6 heteroatoms. The normalized spacial score (nSPS) is 13.3. The molecule has 0 aromatic heterocycles. The topological polar surface area (TPSA) is 13.0 Å². The lowest BCUT2D eigenvalue weighted by Gasteiger charge is -2.35. The summed E-state index contributed by atoms with van der Waals surface area (Å²) in [5.41, 5.74) is 0. The first-order valence-electron chi connectivity index (χ1n) is 6.47. The molecule has 0 saturated heterocycles. The highest BCUT2D eigenvalue weighted by atomic mass is 28.4. The molecule has 0 aliphatic carbocycles. The van der Waals surface area contributed by atoms with Gasteiger partial charge in [-0.2, -0.15) is 0 Å². The van der Waals surface area contributed by atoms with E-state index in [1.54, 1.807) is 0 Å². The first kappa shape index (κ1) is 20.6. The Morgan fingerprint density at radius 1 is 0.389 bits per heavy atom. The van der Waals surface area contributed by atoms with E-state index in [0.29, 0.717) is 0 Å². The SMILES string of the molecule is CN(C)[Si](C)(C)N(C)C.CN(C)[Si](C)(C)N(C)C. The van der Waals surface area contributed by atoms with Gasteiger partial charge >= 0.3 is 0 Å². The van der Waals surface area contributed by atoms with Gasteiger partial charge in [0.15, 0.2) is 16.8 Å². The molecule has 0 aromatic carbocycles. The molecule has 18 heavy (non-hydrogen) atoms. The van der Waals surface area contributed by atoms with Crippen LogP contribution in [0.1, 0.15) is 0 Å². The van der Waals surface area contributed by atoms with Crippen molar-refractivity contribution in [3.8, 4) is 0 Å². The molecule has 0 fully saturated rings. The molecule has 0 aliphatic rings. The van der Waals surface area contributed by atoms with E-state index in [-0.39, 0.29) is 0 Å². The third kappa shape index (κ3) is 6.44. The molecule has 0 atom stereocenters. The Bertz CT molecular complexity index is 182. The van der Waals surface area contributed by atoms with Gasteiger partial charge in [0.25, 0.3) is 0 Å². The van der Waals surface area contributed by atoms with E-state index in [0.717, 1.165) is 0 Å². The maximum atomic E-state index is 2.33. The predicted molar refractivity (Wildman–Crippen MR) is 89.7 cm³/mol. The fourth-order valence-corrected chi connectivity index (χ4v) is 2.40. The van der Waals surface area contributed by atoms with Crippen molar-refractivity contribution in [1.29, 1.82) is 0 Å². The Morgan fingerprint density at radius 3 is 0.500 bits per heavy atom. The molecule has 0 amide bonds. The molecule has 0 aromatic rings. The van der Waals surface area contributed by atoms with Crippen molar-refractivity contribution in [2.45, 2.75) is 26.2 Å². The summed E-state index contributed by atoms with van der Waals surface area (Å²) in [5, 5.41) is 0. The van der Waals surface area contributed by atoms with Gasteiger partial charge in [0, 0.05) is 0 Å². The zero-order chi connectivity index (χ0) is 15.3. The predicted octanol–water partition coefficient (Wildman–Crippen LogP) is 1.62. The van der Waals surface area contributed by atoms with Crippen LogP contribution in [0, 0.1) is 0 Å². The average molecular weight is 293 g/mol. The summed E-state index contributed by atoms with van der Waals surface area (Å²) in [4.78, 5) is 0. The molecule has 0 bridgehead atoms. The summed E-state index contributed by atoms with van der Waals surface area (Å²) in [7, 11) is 14.8. The number of nitrogens with zero attached hydrogens (tertiary/aromatic N) is 4. The lowest BCUT2D eigenvalue weighted by Crippen LogP contribution is -2.55. The van der Waals surface area contributed by atoms with Gasteiger partial charge < -0.3 is 18.3 Å². The van der Waals surface area contributed by atoms with Gasteiger partial charge in [0.05, 0.1) is 0 Å². The largest absolute Gasteiger partial charge is 0.317 e. The minimum Gasteiger partial charge on any atom is -0.317 e. The fourth-order valence-electron chi connectivity index (χ4n) is 0.800. The molecule has 0 unspecified atom stereocenters. The first-order valence-corrected chi connectivity index (χ1v) is 12.3. The van der Waals surface area contributed by atoms with E-state index in [1.165, 1.54) is 0 Å². The second-order valence-corrected chi connectivity index (χ2v) is 16.1. The van der Waals surface area contributed by atoms with Crippen LogP contribution in [0.4, 0.5) is 0 Å². The molecular formula is C12H36N4Si2. The van der Waals surface area contributed by atoms with Crippen LogP contribution in [-0.4, -0.2) is 91.4 Å². The van der Waals surface area contributed by atoms with Crippen LogP contribution in [0.25, 0.3) is 0 Å². The molecular weight excluding hydrogens is 256 g/mol. The third-order valence-corrected chi connectivity index (χ3v) is 13.1. The maximum Gasteiger partial charge on any atom is 0.199 e. The highest BCUT2D eigenvalue weighted by Gasteiger charge is 2.26. The van der Waals surface area contributed by atoms with Gasteiger partial charge in [0.2, 0.25) is 0 Å². The van der Waals surface area contributed by atoms with E-state index < -0.39 is 16.8 Å². The molecule has 0 spiro atoms. The van der Waals surface area contributed by atoms with Gasteiger partial charge in [-0.15, -0.1) is 0 Å². The summed E-state index contributed by atoms with van der Waals surface area (Å²) in [6, 6.07) is 0. The van der Waals surface area contributed by atoms with Crippen LogP contribution in [-0.2, 0) is 0 Å². The van der Waals surface area contributed by atoms with Gasteiger partial charge in [0.1, 0.15) is 0 Å². The summed E-state index contributed by atoms with van der Waals surface area (Å²) in [6.07, 6.45) is 0. The van der Waals surface area contributed by atoms with Crippen LogP contribution in [0.3, 0.4) is 0 Å². The second kappa shape index (κ2) is 7.76. The van der Waals surface area contributed by atoms with E-state index in [2.05, 4.69) is 101 Å². The zero-order valence-electron chi connectivity index (χ0n) is 14.8. The zero-order valence-corrected chi connectivity index (χ0v) is 16.8. The number of rotatable bonds is 4. The van der Waals surface area contributed by atoms with Crippen molar-refractivity contribution in [3.05, 3.63) is 0 Å². The van der Waals surface area contributed by atoms with Crippen molar-refractivity contribution in [1.82, 2.24) is 18.3 Å². The van der Waals surface area contributed by atoms with Crippen molar-refractivity contribution in [2.24, 2.45) is 0 Å². The molecule has 0 rings (SSSR count). The maximum absolute atomic E-state index is 2.33. The van der Waals surface area contributed by atoms with Crippen molar-refractivity contribution in [2.75, 3.05) is 56.4 Å². The van der Waals surface area contributed by atoms with Gasteiger partial charge in [-0.3, -0.25) is 0 Å². The van der Waals surface area contributed by atoms with Crippen molar-refractivity contribution in [3.63, 3.8) is 0 Å². The Balaban J connectivity index is 0. The highest BCUT2D eigenvalue weighted by Crippen LogP contribution is 2.06. The molecule has 0 N–H and O–H groups in total. The van der Waals surface area contributed by atoms with Crippen LogP contribution in [0.5, 0.6) is 0 Å². The highest BCUT2D eigenvalue weighted by molar-refractivity contribution is 6.72. The second-order valence-electron chi connectivity index (χ2n) is 6.57. The number of hydrogen-bond acceptors (Lipinski definition) is 4. The van der Waals surface area contributed by atoms with E-state index in [1.807, 2.05) is 0 Å². The summed E-state index contributed by atoms with van der Waals surface area (Å²) < 4.78 is 9.31. The van der Waals surface area contributed by atoms with Crippen LogP contribution < -0.4 is 0 Å². The van der Waals surface area contributed by atoms with E-state index >= 15 is 0 Å². The molecule has 0 radical (unpaired) electrons. The Morgan fingerprint density at radius 2 is 0.500 bits per heavy atom. The quantitative estimate of drug-likeness (QED) is 0.730. The lowest BCUT2D eigenvalue weighted by atomic mass is 11.2. The lowest BCUT2D eigenvalue weighted by molar-refractivity contribution is 0.495. The Labute approximate surface area is 118 Å². The Kier molecular flexibility index (Phi) is 8.88. The molecule has 112 valence electrons. The monoisotopic (exact) mass is 292 g/mol. The standard InChI is InChI=1S/2C6H18N2Si/c2*1-7(2)9(5,6)8(3)4/h2*1-6H3. The average Bonchev–Trinajstić information content (AvgIpc) is 2.17. The van der Waals surface area contributed by atoms with Crippen molar-refractivity contribution >= 4 is 16.8 Å². The van der Waals surface area contributed by atoms with Crippen LogP contribution in [0.15, 0.2) is 0 Å². The molecule has 4 nitrogen and oxygen atoms in total. The van der Waals surface area contributed by atoms with E-state index in [9.17, 15) is 0 Å². The first-order chi connectivity index (χ1) is 7.77. The summed E-state index contributed by atoms with van der Waals surface area (Å²) >= 11 is 0. The van der Waals surface area contributed by atoms with Crippen molar-refractivity contribution < 1.29 is 0 Å². The van der Waals surface area contributed by atoms with Crippen LogP contribution >= 0.6 is 0 Å². The molecule has 0 saturated carbocycles. The third-order valence-electron chi connectivity index (χ3n) is 4.38. The molecule has 0 aliphatic heterocycles. The fraction of sp³-hybridized carbons (Fsp3) is 1.00. The molecule has 0 heterocycles. The number of hydrogen-bond donors (Lipinski definition) is 0. The van der Waals surface area contributed by atoms with Gasteiger partial charge in [-0.25, -0.2) is 0 Å². The smallest absolute Gasteiger partial charge is 0.199 e. The van der Waals surface area contributed by atoms with E-state index in [4.69, 9.17) is 0 Å². The summed E-state index contributed by atoms with van der Waals surface area (Å²) in [6.45, 7) is 9.31. The van der Waals surface area contributed by atoms with Gasteiger partial charge in [-0.1, -0.05) is 0 Å².